The number of hydrogen-bond donors (Lipinski definition) is 1. The molecule has 2 aliphatic rings. The van der Waals surface area contributed by atoms with Crippen LogP contribution in [0.1, 0.15) is 39.0 Å². The maximum Gasteiger partial charge on any atom is 0.321 e. The molecule has 1 atom stereocenters. The minimum Gasteiger partial charge on any atom is -0.322 e. The van der Waals surface area contributed by atoms with Gasteiger partial charge in [-0.05, 0) is 44.9 Å². The predicted octanol–water partition coefficient (Wildman–Crippen LogP) is 2.49. The van der Waals surface area contributed by atoms with Crippen molar-refractivity contribution in [2.24, 2.45) is 5.92 Å². The summed E-state index contributed by atoms with van der Waals surface area (Å²) in [4.78, 5) is 13.7. The van der Waals surface area contributed by atoms with Gasteiger partial charge in [0.25, 0.3) is 0 Å². The lowest BCUT2D eigenvalue weighted by molar-refractivity contribution is 0.161. The van der Waals surface area contributed by atoms with Crippen LogP contribution in [0.4, 0.5) is 4.79 Å². The predicted molar refractivity (Wildman–Crippen MR) is 60.4 cm³/mol. The van der Waals surface area contributed by atoms with Crippen LogP contribution >= 0.6 is 0 Å². The zero-order valence-electron chi connectivity index (χ0n) is 9.41. The molecule has 0 aromatic carbocycles. The Hall–Kier alpha value is -0.990. The number of carbonyl (C=O) groups excluding carboxylic acids is 1. The summed E-state index contributed by atoms with van der Waals surface area (Å²) in [7, 11) is 0. The normalized spacial score (nSPS) is 27.0. The molecule has 1 aliphatic heterocycles. The lowest BCUT2D eigenvalue weighted by Gasteiger charge is -2.32. The lowest BCUT2D eigenvalue weighted by atomic mass is 10.0. The summed E-state index contributed by atoms with van der Waals surface area (Å²) in [6.07, 6.45) is 10.0. The minimum absolute atomic E-state index is 0.0686. The standard InChI is InChI=1S/C12H20N2O/c1-10-4-2-3-9-14(10)12(15)13-8-7-11-5-6-11/h7-8,10-11H,2-6,9H2,1H3,(H,13,15)/b8-7+. The summed E-state index contributed by atoms with van der Waals surface area (Å²) < 4.78 is 0. The number of nitrogens with one attached hydrogen (secondary N) is 1. The highest BCUT2D eigenvalue weighted by molar-refractivity contribution is 5.75. The zero-order chi connectivity index (χ0) is 10.7. The number of rotatable bonds is 2. The van der Waals surface area contributed by atoms with Crippen LogP contribution in [0.5, 0.6) is 0 Å². The molecule has 0 aromatic heterocycles. The van der Waals surface area contributed by atoms with Crippen molar-refractivity contribution in [3.63, 3.8) is 0 Å². The van der Waals surface area contributed by atoms with Crippen molar-refractivity contribution in [2.75, 3.05) is 6.54 Å². The van der Waals surface area contributed by atoms with E-state index in [0.717, 1.165) is 25.3 Å². The van der Waals surface area contributed by atoms with Crippen molar-refractivity contribution in [1.29, 1.82) is 0 Å². The molecule has 0 aromatic rings. The van der Waals surface area contributed by atoms with Gasteiger partial charge in [0.1, 0.15) is 0 Å². The van der Waals surface area contributed by atoms with Crippen molar-refractivity contribution in [2.45, 2.75) is 45.1 Å². The van der Waals surface area contributed by atoms with Crippen molar-refractivity contribution >= 4 is 6.03 Å². The molecule has 1 aliphatic carbocycles. The van der Waals surface area contributed by atoms with Crippen LogP contribution in [-0.4, -0.2) is 23.5 Å². The summed E-state index contributed by atoms with van der Waals surface area (Å²) in [6, 6.07) is 0.465. The quantitative estimate of drug-likeness (QED) is 0.743. The number of likely N-dealkylation sites (tertiary alicyclic amines) is 1. The highest BCUT2D eigenvalue weighted by Crippen LogP contribution is 2.29. The van der Waals surface area contributed by atoms with Gasteiger partial charge in [0, 0.05) is 18.8 Å². The van der Waals surface area contributed by atoms with E-state index in [1.807, 2.05) is 11.1 Å². The Labute approximate surface area is 91.5 Å². The highest BCUT2D eigenvalue weighted by atomic mass is 16.2. The van der Waals surface area contributed by atoms with E-state index in [2.05, 4.69) is 18.3 Å². The smallest absolute Gasteiger partial charge is 0.321 e. The van der Waals surface area contributed by atoms with E-state index >= 15 is 0 Å². The average molecular weight is 208 g/mol. The molecule has 0 bridgehead atoms. The molecular weight excluding hydrogens is 188 g/mol. The van der Waals surface area contributed by atoms with Crippen molar-refractivity contribution in [1.82, 2.24) is 10.2 Å². The van der Waals surface area contributed by atoms with Gasteiger partial charge in [-0.3, -0.25) is 0 Å². The van der Waals surface area contributed by atoms with Crippen LogP contribution in [0.2, 0.25) is 0 Å². The fourth-order valence-corrected chi connectivity index (χ4v) is 2.03. The number of amides is 2. The Morgan fingerprint density at radius 1 is 1.33 bits per heavy atom. The maximum atomic E-state index is 11.8. The summed E-state index contributed by atoms with van der Waals surface area (Å²) in [5.74, 6) is 0.726. The molecule has 0 spiro atoms. The molecule has 1 N–H and O–H groups in total. The fourth-order valence-electron chi connectivity index (χ4n) is 2.03. The summed E-state index contributed by atoms with van der Waals surface area (Å²) in [5, 5.41) is 2.86. The van der Waals surface area contributed by atoms with Crippen molar-refractivity contribution in [3.05, 3.63) is 12.3 Å². The van der Waals surface area contributed by atoms with Crippen LogP contribution in [0.15, 0.2) is 12.3 Å². The maximum absolute atomic E-state index is 11.8. The minimum atomic E-state index is 0.0686. The van der Waals surface area contributed by atoms with Crippen molar-refractivity contribution in [3.8, 4) is 0 Å². The first-order chi connectivity index (χ1) is 7.27. The first kappa shape index (κ1) is 10.5. The molecule has 1 saturated heterocycles. The molecule has 0 radical (unpaired) electrons. The van der Waals surface area contributed by atoms with Crippen LogP contribution in [0.3, 0.4) is 0 Å². The molecule has 1 heterocycles. The summed E-state index contributed by atoms with van der Waals surface area (Å²) in [6.45, 7) is 3.04. The Morgan fingerprint density at radius 2 is 2.13 bits per heavy atom. The van der Waals surface area contributed by atoms with E-state index < -0.39 is 0 Å². The molecule has 3 heteroatoms. The molecule has 2 rings (SSSR count). The average Bonchev–Trinajstić information content (AvgIpc) is 3.02. The largest absolute Gasteiger partial charge is 0.322 e. The number of nitrogens with zero attached hydrogens (tertiary/aromatic N) is 1. The third kappa shape index (κ3) is 2.98. The molecule has 3 nitrogen and oxygen atoms in total. The fraction of sp³-hybridized carbons (Fsp3) is 0.750. The monoisotopic (exact) mass is 208 g/mol. The Kier molecular flexibility index (Phi) is 3.29. The van der Waals surface area contributed by atoms with E-state index in [1.165, 1.54) is 19.3 Å². The second-order valence-corrected chi connectivity index (χ2v) is 4.68. The van der Waals surface area contributed by atoms with Crippen LogP contribution in [0, 0.1) is 5.92 Å². The molecular formula is C12H20N2O. The number of hydrogen-bond acceptors (Lipinski definition) is 1. The zero-order valence-corrected chi connectivity index (χ0v) is 9.41. The first-order valence-electron chi connectivity index (χ1n) is 6.01. The Balaban J connectivity index is 1.77. The SMILES string of the molecule is CC1CCCCN1C(=O)N/C=C/C1CC1. The van der Waals surface area contributed by atoms with Gasteiger partial charge in [-0.2, -0.15) is 0 Å². The van der Waals surface area contributed by atoms with E-state index in [9.17, 15) is 4.79 Å². The summed E-state index contributed by atoms with van der Waals surface area (Å²) >= 11 is 0. The number of piperidine rings is 1. The van der Waals surface area contributed by atoms with E-state index in [-0.39, 0.29) is 6.03 Å². The van der Waals surface area contributed by atoms with E-state index in [1.54, 1.807) is 0 Å². The van der Waals surface area contributed by atoms with E-state index in [0.29, 0.717) is 6.04 Å². The van der Waals surface area contributed by atoms with Gasteiger partial charge < -0.3 is 10.2 Å². The lowest BCUT2D eigenvalue weighted by Crippen LogP contribution is -2.46. The molecule has 2 fully saturated rings. The Morgan fingerprint density at radius 3 is 2.80 bits per heavy atom. The van der Waals surface area contributed by atoms with Crippen LogP contribution in [-0.2, 0) is 0 Å². The van der Waals surface area contributed by atoms with Crippen molar-refractivity contribution < 1.29 is 4.79 Å². The second-order valence-electron chi connectivity index (χ2n) is 4.68. The van der Waals surface area contributed by atoms with Crippen LogP contribution in [0.25, 0.3) is 0 Å². The molecule has 84 valence electrons. The molecule has 2 amide bonds. The highest BCUT2D eigenvalue weighted by Gasteiger charge is 2.22. The van der Waals surface area contributed by atoms with Gasteiger partial charge in [-0.1, -0.05) is 6.08 Å². The second kappa shape index (κ2) is 4.69. The molecule has 1 unspecified atom stereocenters. The third-order valence-corrected chi connectivity index (χ3v) is 3.26. The van der Waals surface area contributed by atoms with Gasteiger partial charge in [0.15, 0.2) is 0 Å². The van der Waals surface area contributed by atoms with Gasteiger partial charge in [-0.15, -0.1) is 0 Å². The van der Waals surface area contributed by atoms with Gasteiger partial charge >= 0.3 is 6.03 Å². The third-order valence-electron chi connectivity index (χ3n) is 3.26. The van der Waals surface area contributed by atoms with E-state index in [4.69, 9.17) is 0 Å². The summed E-state index contributed by atoms with van der Waals surface area (Å²) in [5.41, 5.74) is 0. The first-order valence-corrected chi connectivity index (χ1v) is 6.01. The topological polar surface area (TPSA) is 32.3 Å². The van der Waals surface area contributed by atoms with Gasteiger partial charge in [0.2, 0.25) is 0 Å². The Bertz CT molecular complexity index is 258. The number of allylic oxidation sites excluding steroid dienone is 1. The van der Waals surface area contributed by atoms with Gasteiger partial charge in [0.05, 0.1) is 0 Å². The number of carbonyl (C=O) groups is 1. The molecule has 15 heavy (non-hydrogen) atoms. The number of urea groups is 1. The van der Waals surface area contributed by atoms with Crippen LogP contribution < -0.4 is 5.32 Å². The molecule has 1 saturated carbocycles. The van der Waals surface area contributed by atoms with Gasteiger partial charge in [-0.25, -0.2) is 4.79 Å².